The Morgan fingerprint density at radius 3 is 2.45 bits per heavy atom. The molecule has 114 valence electrons. The fourth-order valence-corrected chi connectivity index (χ4v) is 2.59. The van der Waals surface area contributed by atoms with E-state index in [2.05, 4.69) is 46.1 Å². The van der Waals surface area contributed by atoms with Gasteiger partial charge in [-0.05, 0) is 42.8 Å². The number of aromatic hydroxyl groups is 1. The van der Waals surface area contributed by atoms with Gasteiger partial charge in [-0.3, -0.25) is 0 Å². The van der Waals surface area contributed by atoms with Crippen LogP contribution in [-0.4, -0.2) is 19.2 Å². The van der Waals surface area contributed by atoms with Crippen molar-refractivity contribution in [3.8, 4) is 5.75 Å². The normalized spacial score (nSPS) is 17.0. The highest BCUT2D eigenvalue weighted by Crippen LogP contribution is 2.30. The van der Waals surface area contributed by atoms with Crippen molar-refractivity contribution in [2.24, 2.45) is 0 Å². The zero-order valence-electron chi connectivity index (χ0n) is 13.1. The zero-order valence-corrected chi connectivity index (χ0v) is 13.1. The van der Waals surface area contributed by atoms with E-state index in [0.717, 1.165) is 16.8 Å². The average Bonchev–Trinajstić information content (AvgIpc) is 2.99. The Labute approximate surface area is 131 Å². The summed E-state index contributed by atoms with van der Waals surface area (Å²) in [7, 11) is 4.06. The number of nitrogens with one attached hydrogen (secondary N) is 2. The van der Waals surface area contributed by atoms with Crippen LogP contribution in [0.3, 0.4) is 0 Å². The molecule has 0 aromatic heterocycles. The van der Waals surface area contributed by atoms with E-state index in [1.165, 1.54) is 11.3 Å². The zero-order chi connectivity index (χ0) is 15.7. The van der Waals surface area contributed by atoms with Gasteiger partial charge in [-0.1, -0.05) is 23.8 Å². The van der Waals surface area contributed by atoms with Crippen LogP contribution in [0.15, 0.2) is 48.5 Å². The summed E-state index contributed by atoms with van der Waals surface area (Å²) < 4.78 is 0. The predicted molar refractivity (Wildman–Crippen MR) is 90.6 cm³/mol. The molecule has 0 radical (unpaired) electrons. The second kappa shape index (κ2) is 5.73. The van der Waals surface area contributed by atoms with Gasteiger partial charge < -0.3 is 15.4 Å². The number of benzene rings is 2. The van der Waals surface area contributed by atoms with Crippen molar-refractivity contribution in [2.45, 2.75) is 13.0 Å². The van der Waals surface area contributed by atoms with Crippen LogP contribution in [0.2, 0.25) is 0 Å². The van der Waals surface area contributed by atoms with Crippen LogP contribution >= 0.6 is 0 Å². The Hall–Kier alpha value is -2.46. The van der Waals surface area contributed by atoms with Gasteiger partial charge >= 0.3 is 0 Å². The lowest BCUT2D eigenvalue weighted by molar-refractivity contribution is 0.472. The van der Waals surface area contributed by atoms with Gasteiger partial charge in [0.2, 0.25) is 0 Å². The van der Waals surface area contributed by atoms with Crippen LogP contribution in [0.1, 0.15) is 22.7 Å². The number of phenolic OH excluding ortho intramolecular Hbond substituents is 1. The molecule has 1 aliphatic rings. The van der Waals surface area contributed by atoms with E-state index in [4.69, 9.17) is 0 Å². The van der Waals surface area contributed by atoms with Gasteiger partial charge in [0.1, 0.15) is 5.75 Å². The molecule has 1 heterocycles. The third-order valence-electron chi connectivity index (χ3n) is 3.91. The molecular weight excluding hydrogens is 274 g/mol. The molecule has 0 aliphatic carbocycles. The summed E-state index contributed by atoms with van der Waals surface area (Å²) >= 11 is 0. The minimum atomic E-state index is 0.0890. The quantitative estimate of drug-likeness (QED) is 0.815. The molecule has 0 bridgehead atoms. The number of hydrogen-bond acceptors (Lipinski definition) is 4. The van der Waals surface area contributed by atoms with Gasteiger partial charge in [0.25, 0.3) is 0 Å². The van der Waals surface area contributed by atoms with Crippen LogP contribution in [0.4, 0.5) is 5.69 Å². The Morgan fingerprint density at radius 1 is 1.05 bits per heavy atom. The Morgan fingerprint density at radius 2 is 1.77 bits per heavy atom. The van der Waals surface area contributed by atoms with Crippen molar-refractivity contribution in [1.82, 2.24) is 10.9 Å². The van der Waals surface area contributed by atoms with Gasteiger partial charge in [-0.2, -0.15) is 0 Å². The molecule has 0 spiro atoms. The fourth-order valence-electron chi connectivity index (χ4n) is 2.59. The number of anilines is 1. The first-order valence-electron chi connectivity index (χ1n) is 7.35. The van der Waals surface area contributed by atoms with Crippen LogP contribution < -0.4 is 15.8 Å². The summed E-state index contributed by atoms with van der Waals surface area (Å²) in [5.41, 5.74) is 11.6. The highest BCUT2D eigenvalue weighted by molar-refractivity contribution is 5.71. The number of hydrogen-bond donors (Lipinski definition) is 3. The minimum absolute atomic E-state index is 0.0890. The molecule has 1 aliphatic heterocycles. The highest BCUT2D eigenvalue weighted by atomic mass is 16.3. The standard InChI is InChI=1S/C18H21N3O/c1-12-4-9-18(22)15(10-12)17-11-16(19-20-17)13-5-7-14(8-6-13)21(2)3/h4-11,16,19-20,22H,1-3H3. The highest BCUT2D eigenvalue weighted by Gasteiger charge is 2.19. The average molecular weight is 295 g/mol. The monoisotopic (exact) mass is 295 g/mol. The maximum atomic E-state index is 10.0. The maximum absolute atomic E-state index is 10.0. The Balaban J connectivity index is 1.86. The van der Waals surface area contributed by atoms with Crippen LogP contribution in [0, 0.1) is 6.92 Å². The first kappa shape index (κ1) is 14.5. The summed E-state index contributed by atoms with van der Waals surface area (Å²) in [6, 6.07) is 14.1. The SMILES string of the molecule is Cc1ccc(O)c(C2=CC(c3ccc(N(C)C)cc3)NN2)c1. The van der Waals surface area contributed by atoms with Crippen molar-refractivity contribution in [2.75, 3.05) is 19.0 Å². The Bertz CT molecular complexity index is 705. The molecule has 4 nitrogen and oxygen atoms in total. The molecule has 22 heavy (non-hydrogen) atoms. The second-order valence-corrected chi connectivity index (χ2v) is 5.83. The lowest BCUT2D eigenvalue weighted by Crippen LogP contribution is -2.26. The number of phenols is 1. The molecule has 0 amide bonds. The fraction of sp³-hybridized carbons (Fsp3) is 0.222. The number of aryl methyl sites for hydroxylation is 1. The first-order chi connectivity index (χ1) is 10.5. The van der Waals surface area contributed by atoms with E-state index >= 15 is 0 Å². The molecule has 0 saturated carbocycles. The van der Waals surface area contributed by atoms with Crippen molar-refractivity contribution in [3.63, 3.8) is 0 Å². The minimum Gasteiger partial charge on any atom is -0.507 e. The van der Waals surface area contributed by atoms with E-state index in [1.807, 2.05) is 33.2 Å². The summed E-state index contributed by atoms with van der Waals surface area (Å²) in [5.74, 6) is 0.287. The molecule has 2 aromatic carbocycles. The van der Waals surface area contributed by atoms with Gasteiger partial charge in [0.15, 0.2) is 0 Å². The summed E-state index contributed by atoms with van der Waals surface area (Å²) in [4.78, 5) is 2.08. The number of hydrazine groups is 1. The molecule has 0 fully saturated rings. The largest absolute Gasteiger partial charge is 0.507 e. The summed E-state index contributed by atoms with van der Waals surface area (Å²) in [6.07, 6.45) is 2.10. The number of rotatable bonds is 3. The maximum Gasteiger partial charge on any atom is 0.124 e. The Kier molecular flexibility index (Phi) is 3.77. The first-order valence-corrected chi connectivity index (χ1v) is 7.35. The van der Waals surface area contributed by atoms with Gasteiger partial charge in [0, 0.05) is 25.3 Å². The summed E-state index contributed by atoms with van der Waals surface area (Å²) in [5, 5.41) is 10.0. The third-order valence-corrected chi connectivity index (χ3v) is 3.91. The molecular formula is C18H21N3O. The van der Waals surface area contributed by atoms with Crippen LogP contribution in [-0.2, 0) is 0 Å². The topological polar surface area (TPSA) is 47.5 Å². The molecule has 1 atom stereocenters. The molecule has 3 N–H and O–H groups in total. The molecule has 4 heteroatoms. The van der Waals surface area contributed by atoms with E-state index < -0.39 is 0 Å². The van der Waals surface area contributed by atoms with Gasteiger partial charge in [0.05, 0.1) is 11.7 Å². The van der Waals surface area contributed by atoms with Gasteiger partial charge in [-0.25, -0.2) is 5.43 Å². The van der Waals surface area contributed by atoms with Crippen molar-refractivity contribution < 1.29 is 5.11 Å². The lowest BCUT2D eigenvalue weighted by atomic mass is 10.0. The molecule has 2 aromatic rings. The van der Waals surface area contributed by atoms with E-state index in [0.29, 0.717) is 0 Å². The van der Waals surface area contributed by atoms with Crippen LogP contribution in [0.25, 0.3) is 5.70 Å². The molecule has 0 saturated heterocycles. The summed E-state index contributed by atoms with van der Waals surface area (Å²) in [6.45, 7) is 2.02. The lowest BCUT2D eigenvalue weighted by Gasteiger charge is -2.14. The van der Waals surface area contributed by atoms with Crippen molar-refractivity contribution in [3.05, 3.63) is 65.2 Å². The van der Waals surface area contributed by atoms with Crippen molar-refractivity contribution in [1.29, 1.82) is 0 Å². The van der Waals surface area contributed by atoms with E-state index in [-0.39, 0.29) is 11.8 Å². The van der Waals surface area contributed by atoms with E-state index in [1.54, 1.807) is 6.07 Å². The molecule has 1 unspecified atom stereocenters. The smallest absolute Gasteiger partial charge is 0.124 e. The predicted octanol–water partition coefficient (Wildman–Crippen LogP) is 2.96. The second-order valence-electron chi connectivity index (χ2n) is 5.83. The molecule has 3 rings (SSSR count). The van der Waals surface area contributed by atoms with Crippen LogP contribution in [0.5, 0.6) is 5.75 Å². The van der Waals surface area contributed by atoms with Crippen molar-refractivity contribution >= 4 is 11.4 Å². The van der Waals surface area contributed by atoms with E-state index in [9.17, 15) is 5.11 Å². The third kappa shape index (κ3) is 2.78. The number of nitrogens with zero attached hydrogens (tertiary/aromatic N) is 1. The van der Waals surface area contributed by atoms with Gasteiger partial charge in [-0.15, -0.1) is 0 Å².